The van der Waals surface area contributed by atoms with Crippen molar-refractivity contribution in [2.45, 2.75) is 51.9 Å². The fraction of sp³-hybridized carbons (Fsp3) is 0.636. The van der Waals surface area contributed by atoms with E-state index in [-0.39, 0.29) is 30.0 Å². The normalized spacial score (nSPS) is 18.1. The summed E-state index contributed by atoms with van der Waals surface area (Å²) in [6, 6.07) is 4.48. The summed E-state index contributed by atoms with van der Waals surface area (Å²) in [6.07, 6.45) is 7.32. The molecule has 0 spiro atoms. The Bertz CT molecular complexity index is 768. The van der Waals surface area contributed by atoms with E-state index >= 15 is 0 Å². The lowest BCUT2D eigenvalue weighted by molar-refractivity contribution is -0.384. The summed E-state index contributed by atoms with van der Waals surface area (Å²) < 4.78 is 0. The maximum Gasteiger partial charge on any atom is 0.270 e. The lowest BCUT2D eigenvalue weighted by atomic mass is 9.89. The quantitative estimate of drug-likeness (QED) is 0.403. The molecule has 0 aromatic heterocycles. The van der Waals surface area contributed by atoms with Crippen LogP contribution in [0.3, 0.4) is 0 Å². The number of nitrogens with zero attached hydrogens (tertiary/aromatic N) is 2. The van der Waals surface area contributed by atoms with E-state index in [0.29, 0.717) is 18.0 Å². The van der Waals surface area contributed by atoms with E-state index in [1.165, 1.54) is 18.6 Å². The maximum atomic E-state index is 12.8. The van der Waals surface area contributed by atoms with E-state index in [9.17, 15) is 19.7 Å². The SMILES string of the molecule is CC1CCN(c2ccc([N+](=O)[O-])cc2C(=O)NCCNC(=O)C2CCCCC2)CC1. The molecule has 164 valence electrons. The average Bonchev–Trinajstić information content (AvgIpc) is 2.77. The molecule has 1 aliphatic carbocycles. The minimum absolute atomic E-state index is 0.0578. The predicted octanol–water partition coefficient (Wildman–Crippen LogP) is 3.26. The summed E-state index contributed by atoms with van der Waals surface area (Å²) in [7, 11) is 0. The van der Waals surface area contributed by atoms with Crippen molar-refractivity contribution in [1.29, 1.82) is 0 Å². The molecule has 8 heteroatoms. The second-order valence-corrected chi connectivity index (χ2v) is 8.51. The minimum Gasteiger partial charge on any atom is -0.371 e. The summed E-state index contributed by atoms with van der Waals surface area (Å²) in [4.78, 5) is 37.9. The molecule has 3 rings (SSSR count). The van der Waals surface area contributed by atoms with Crippen LogP contribution in [0, 0.1) is 22.0 Å². The van der Waals surface area contributed by atoms with Crippen LogP contribution in [-0.2, 0) is 4.79 Å². The van der Waals surface area contributed by atoms with E-state index in [4.69, 9.17) is 0 Å². The lowest BCUT2D eigenvalue weighted by Gasteiger charge is -2.33. The number of hydrogen-bond acceptors (Lipinski definition) is 5. The number of non-ortho nitro benzene ring substituents is 1. The number of benzene rings is 1. The fourth-order valence-corrected chi connectivity index (χ4v) is 4.31. The smallest absolute Gasteiger partial charge is 0.270 e. The first-order valence-corrected chi connectivity index (χ1v) is 11.0. The molecule has 2 fully saturated rings. The van der Waals surface area contributed by atoms with Gasteiger partial charge in [0.2, 0.25) is 5.91 Å². The van der Waals surface area contributed by atoms with Crippen LogP contribution in [0.5, 0.6) is 0 Å². The number of rotatable bonds is 7. The van der Waals surface area contributed by atoms with E-state index in [1.807, 2.05) is 0 Å². The zero-order valence-electron chi connectivity index (χ0n) is 17.7. The van der Waals surface area contributed by atoms with Gasteiger partial charge in [-0.3, -0.25) is 19.7 Å². The topological polar surface area (TPSA) is 105 Å². The van der Waals surface area contributed by atoms with Crippen LogP contribution in [0.15, 0.2) is 18.2 Å². The fourth-order valence-electron chi connectivity index (χ4n) is 4.31. The maximum absolute atomic E-state index is 12.8. The van der Waals surface area contributed by atoms with Crippen molar-refractivity contribution in [2.75, 3.05) is 31.1 Å². The highest BCUT2D eigenvalue weighted by atomic mass is 16.6. The van der Waals surface area contributed by atoms with Crippen molar-refractivity contribution in [3.63, 3.8) is 0 Å². The average molecular weight is 417 g/mol. The highest BCUT2D eigenvalue weighted by Crippen LogP contribution is 2.29. The molecule has 0 bridgehead atoms. The van der Waals surface area contributed by atoms with Crippen LogP contribution in [0.2, 0.25) is 0 Å². The minimum atomic E-state index is -0.483. The third-order valence-corrected chi connectivity index (χ3v) is 6.25. The van der Waals surface area contributed by atoms with Gasteiger partial charge >= 0.3 is 0 Å². The van der Waals surface area contributed by atoms with Crippen molar-refractivity contribution < 1.29 is 14.5 Å². The molecular formula is C22H32N4O4. The molecule has 2 aliphatic rings. The molecule has 0 radical (unpaired) electrons. The molecule has 2 amide bonds. The zero-order chi connectivity index (χ0) is 21.5. The first kappa shape index (κ1) is 22.1. The molecule has 0 atom stereocenters. The van der Waals surface area contributed by atoms with Crippen molar-refractivity contribution >= 4 is 23.2 Å². The van der Waals surface area contributed by atoms with Crippen molar-refractivity contribution in [1.82, 2.24) is 10.6 Å². The second-order valence-electron chi connectivity index (χ2n) is 8.51. The van der Waals surface area contributed by atoms with Crippen LogP contribution >= 0.6 is 0 Å². The van der Waals surface area contributed by atoms with Gasteiger partial charge in [-0.05, 0) is 37.7 Å². The lowest BCUT2D eigenvalue weighted by Crippen LogP contribution is -2.39. The zero-order valence-corrected chi connectivity index (χ0v) is 17.7. The standard InChI is InChI=1S/C22H32N4O4/c1-16-9-13-25(14-10-16)20-8-7-18(26(29)30)15-19(20)22(28)24-12-11-23-21(27)17-5-3-2-4-6-17/h7-8,15-17H,2-6,9-14H2,1H3,(H,23,27)(H,24,28). The van der Waals surface area contributed by atoms with Crippen LogP contribution < -0.4 is 15.5 Å². The summed E-state index contributed by atoms with van der Waals surface area (Å²) >= 11 is 0. The molecule has 1 aromatic rings. The molecule has 1 aromatic carbocycles. The van der Waals surface area contributed by atoms with Gasteiger partial charge in [0.1, 0.15) is 0 Å². The summed E-state index contributed by atoms with van der Waals surface area (Å²) in [5.41, 5.74) is 0.952. The van der Waals surface area contributed by atoms with Crippen molar-refractivity contribution in [3.05, 3.63) is 33.9 Å². The summed E-state index contributed by atoms with van der Waals surface area (Å²) in [6.45, 7) is 4.51. The molecule has 30 heavy (non-hydrogen) atoms. The molecule has 1 saturated carbocycles. The third-order valence-electron chi connectivity index (χ3n) is 6.25. The van der Waals surface area contributed by atoms with E-state index < -0.39 is 4.92 Å². The van der Waals surface area contributed by atoms with Crippen LogP contribution in [0.4, 0.5) is 11.4 Å². The Morgan fingerprint density at radius 1 is 1.07 bits per heavy atom. The number of piperidine rings is 1. The highest BCUT2D eigenvalue weighted by molar-refractivity contribution is 6.00. The van der Waals surface area contributed by atoms with Gasteiger partial charge < -0.3 is 15.5 Å². The molecule has 2 N–H and O–H groups in total. The van der Waals surface area contributed by atoms with Gasteiger partial charge in [-0.15, -0.1) is 0 Å². The summed E-state index contributed by atoms with van der Waals surface area (Å²) in [5.74, 6) is 0.435. The van der Waals surface area contributed by atoms with E-state index in [0.717, 1.165) is 57.3 Å². The van der Waals surface area contributed by atoms with Gasteiger partial charge in [-0.2, -0.15) is 0 Å². The number of hydrogen-bond donors (Lipinski definition) is 2. The van der Waals surface area contributed by atoms with Gasteiger partial charge in [0.25, 0.3) is 11.6 Å². The Kier molecular flexibility index (Phi) is 7.65. The van der Waals surface area contributed by atoms with Gasteiger partial charge in [0, 0.05) is 44.2 Å². The Labute approximate surface area is 177 Å². The number of nitro benzene ring substituents is 1. The Morgan fingerprint density at radius 2 is 1.73 bits per heavy atom. The van der Waals surface area contributed by atoms with E-state index in [1.54, 1.807) is 6.07 Å². The van der Waals surface area contributed by atoms with Crippen LogP contribution in [-0.4, -0.2) is 42.9 Å². The van der Waals surface area contributed by atoms with Gasteiger partial charge in [0.05, 0.1) is 16.2 Å². The van der Waals surface area contributed by atoms with E-state index in [2.05, 4.69) is 22.5 Å². The molecular weight excluding hydrogens is 384 g/mol. The first-order valence-electron chi connectivity index (χ1n) is 11.0. The predicted molar refractivity (Wildman–Crippen MR) is 116 cm³/mol. The molecule has 1 saturated heterocycles. The molecule has 0 unspecified atom stereocenters. The largest absolute Gasteiger partial charge is 0.371 e. The summed E-state index contributed by atoms with van der Waals surface area (Å²) in [5, 5.41) is 16.9. The second kappa shape index (κ2) is 10.4. The number of amides is 2. The molecule has 1 aliphatic heterocycles. The number of nitro groups is 1. The number of anilines is 1. The Morgan fingerprint density at radius 3 is 2.40 bits per heavy atom. The number of carbonyl (C=O) groups is 2. The van der Waals surface area contributed by atoms with Crippen LogP contribution in [0.1, 0.15) is 62.2 Å². The number of carbonyl (C=O) groups excluding carboxylic acids is 2. The van der Waals surface area contributed by atoms with Crippen molar-refractivity contribution in [2.24, 2.45) is 11.8 Å². The molecule has 8 nitrogen and oxygen atoms in total. The number of nitrogens with one attached hydrogen (secondary N) is 2. The van der Waals surface area contributed by atoms with Gasteiger partial charge in [-0.25, -0.2) is 0 Å². The van der Waals surface area contributed by atoms with Gasteiger partial charge in [-0.1, -0.05) is 26.2 Å². The van der Waals surface area contributed by atoms with Crippen LogP contribution in [0.25, 0.3) is 0 Å². The first-order chi connectivity index (χ1) is 14.5. The molecule has 1 heterocycles. The van der Waals surface area contributed by atoms with Crippen molar-refractivity contribution in [3.8, 4) is 0 Å². The Balaban J connectivity index is 1.59. The highest BCUT2D eigenvalue weighted by Gasteiger charge is 2.24. The third kappa shape index (κ3) is 5.70. The monoisotopic (exact) mass is 416 g/mol. The van der Waals surface area contributed by atoms with Gasteiger partial charge in [0.15, 0.2) is 0 Å². The Hall–Kier alpha value is -2.64.